The van der Waals surface area contributed by atoms with Crippen molar-refractivity contribution < 1.29 is 24.3 Å². The van der Waals surface area contributed by atoms with Crippen molar-refractivity contribution in [3.8, 4) is 0 Å². The summed E-state index contributed by atoms with van der Waals surface area (Å²) in [5.74, 6) is -2.84. The smallest absolute Gasteiger partial charge is 0.326 e. The van der Waals surface area contributed by atoms with Crippen LogP contribution in [-0.2, 0) is 16.1 Å². The van der Waals surface area contributed by atoms with Crippen molar-refractivity contribution in [1.29, 1.82) is 0 Å². The molecule has 0 spiro atoms. The molecule has 8 heteroatoms. The molecule has 3 unspecified atom stereocenters. The second kappa shape index (κ2) is 9.64. The summed E-state index contributed by atoms with van der Waals surface area (Å²) in [5, 5.41) is 14.4. The van der Waals surface area contributed by atoms with E-state index in [9.17, 15) is 24.3 Å². The van der Waals surface area contributed by atoms with Crippen molar-refractivity contribution in [2.75, 3.05) is 4.90 Å². The SMILES string of the molecule is CCC(C)C(NC(=O)C(C)NC(=O)c1cccc2c1C(=O)N(c1ccccc1)C2)C(=O)O. The highest BCUT2D eigenvalue weighted by Crippen LogP contribution is 2.30. The number of carboxylic acids is 1. The monoisotopic (exact) mass is 437 g/mol. The zero-order valence-electron chi connectivity index (χ0n) is 18.3. The molecule has 1 heterocycles. The van der Waals surface area contributed by atoms with Crippen molar-refractivity contribution in [2.24, 2.45) is 5.92 Å². The molecular formula is C24H27N3O5. The van der Waals surface area contributed by atoms with Gasteiger partial charge in [-0.2, -0.15) is 0 Å². The second-order valence-corrected chi connectivity index (χ2v) is 7.97. The molecule has 0 saturated heterocycles. The molecule has 2 aromatic carbocycles. The van der Waals surface area contributed by atoms with Gasteiger partial charge in [0, 0.05) is 5.69 Å². The summed E-state index contributed by atoms with van der Waals surface area (Å²) in [7, 11) is 0. The fourth-order valence-electron chi connectivity index (χ4n) is 3.67. The van der Waals surface area contributed by atoms with E-state index in [1.807, 2.05) is 37.3 Å². The summed E-state index contributed by atoms with van der Waals surface area (Å²) < 4.78 is 0. The molecule has 0 bridgehead atoms. The molecule has 0 radical (unpaired) electrons. The van der Waals surface area contributed by atoms with Gasteiger partial charge in [0.15, 0.2) is 0 Å². The van der Waals surface area contributed by atoms with Crippen LogP contribution in [0.2, 0.25) is 0 Å². The fraction of sp³-hybridized carbons (Fsp3) is 0.333. The summed E-state index contributed by atoms with van der Waals surface area (Å²) in [4.78, 5) is 51.6. The van der Waals surface area contributed by atoms with Gasteiger partial charge in [0.25, 0.3) is 11.8 Å². The first-order chi connectivity index (χ1) is 15.2. The number of carbonyl (C=O) groups is 4. The molecule has 3 N–H and O–H groups in total. The Hall–Kier alpha value is -3.68. The second-order valence-electron chi connectivity index (χ2n) is 7.97. The van der Waals surface area contributed by atoms with Crippen LogP contribution in [0, 0.1) is 5.92 Å². The van der Waals surface area contributed by atoms with Crippen molar-refractivity contribution in [3.05, 3.63) is 65.2 Å². The molecule has 168 valence electrons. The maximum atomic E-state index is 13.1. The summed E-state index contributed by atoms with van der Waals surface area (Å²) in [6.45, 7) is 5.40. The average Bonchev–Trinajstić information content (AvgIpc) is 3.13. The van der Waals surface area contributed by atoms with Gasteiger partial charge in [0.05, 0.1) is 17.7 Å². The van der Waals surface area contributed by atoms with Crippen LogP contribution in [0.5, 0.6) is 0 Å². The van der Waals surface area contributed by atoms with E-state index in [4.69, 9.17) is 0 Å². The van der Waals surface area contributed by atoms with Gasteiger partial charge in [-0.3, -0.25) is 14.4 Å². The van der Waals surface area contributed by atoms with Crippen molar-refractivity contribution >= 4 is 29.4 Å². The van der Waals surface area contributed by atoms with Crippen LogP contribution in [0.25, 0.3) is 0 Å². The van der Waals surface area contributed by atoms with E-state index in [1.54, 1.807) is 30.0 Å². The minimum Gasteiger partial charge on any atom is -0.480 e. The predicted octanol–water partition coefficient (Wildman–Crippen LogP) is 2.58. The van der Waals surface area contributed by atoms with Gasteiger partial charge in [-0.25, -0.2) is 4.79 Å². The Kier molecular flexibility index (Phi) is 6.92. The standard InChI is InChI=1S/C24H27N3O5/c1-4-14(2)20(24(31)32)26-21(28)15(3)25-22(29)18-12-8-9-16-13-27(23(30)19(16)18)17-10-6-5-7-11-17/h5-12,14-15,20H,4,13H2,1-3H3,(H,25,29)(H,26,28)(H,31,32). The summed E-state index contributed by atoms with van der Waals surface area (Å²) in [5.41, 5.74) is 1.95. The number of fused-ring (bicyclic) bond motifs is 1. The predicted molar refractivity (Wildman–Crippen MR) is 119 cm³/mol. The van der Waals surface area contributed by atoms with Gasteiger partial charge in [0.2, 0.25) is 5.91 Å². The molecule has 2 aromatic rings. The van der Waals surface area contributed by atoms with E-state index >= 15 is 0 Å². The van der Waals surface area contributed by atoms with E-state index in [-0.39, 0.29) is 17.4 Å². The Morgan fingerprint density at radius 1 is 1.03 bits per heavy atom. The molecular weight excluding hydrogens is 410 g/mol. The van der Waals surface area contributed by atoms with E-state index in [0.29, 0.717) is 18.5 Å². The van der Waals surface area contributed by atoms with Crippen molar-refractivity contribution in [2.45, 2.75) is 45.8 Å². The molecule has 8 nitrogen and oxygen atoms in total. The first-order valence-corrected chi connectivity index (χ1v) is 10.6. The van der Waals surface area contributed by atoms with E-state index in [1.165, 1.54) is 6.92 Å². The fourth-order valence-corrected chi connectivity index (χ4v) is 3.67. The largest absolute Gasteiger partial charge is 0.480 e. The Morgan fingerprint density at radius 3 is 2.34 bits per heavy atom. The third kappa shape index (κ3) is 4.64. The van der Waals surface area contributed by atoms with Crippen LogP contribution in [-0.4, -0.2) is 40.9 Å². The van der Waals surface area contributed by atoms with E-state index in [0.717, 1.165) is 11.3 Å². The number of amides is 3. The highest BCUT2D eigenvalue weighted by Gasteiger charge is 2.33. The number of carbonyl (C=O) groups excluding carboxylic acids is 3. The first kappa shape index (κ1) is 23.0. The molecule has 0 aromatic heterocycles. The Morgan fingerprint density at radius 2 is 1.72 bits per heavy atom. The minimum atomic E-state index is -1.13. The number of nitrogens with one attached hydrogen (secondary N) is 2. The average molecular weight is 437 g/mol. The molecule has 3 atom stereocenters. The molecule has 3 amide bonds. The molecule has 32 heavy (non-hydrogen) atoms. The number of hydrogen-bond acceptors (Lipinski definition) is 4. The molecule has 0 fully saturated rings. The van der Waals surface area contributed by atoms with Crippen LogP contribution in [0.1, 0.15) is 53.5 Å². The maximum absolute atomic E-state index is 13.1. The third-order valence-electron chi connectivity index (χ3n) is 5.77. The minimum absolute atomic E-state index is 0.183. The number of nitrogens with zero attached hydrogens (tertiary/aromatic N) is 1. The number of aliphatic carboxylic acids is 1. The van der Waals surface area contributed by atoms with Gasteiger partial charge < -0.3 is 20.6 Å². The molecule has 0 aliphatic carbocycles. The van der Waals surface area contributed by atoms with E-state index in [2.05, 4.69) is 10.6 Å². The lowest BCUT2D eigenvalue weighted by Crippen LogP contribution is -2.52. The Balaban J connectivity index is 1.75. The summed E-state index contributed by atoms with van der Waals surface area (Å²) >= 11 is 0. The van der Waals surface area contributed by atoms with Gasteiger partial charge in [-0.1, -0.05) is 50.6 Å². The summed E-state index contributed by atoms with van der Waals surface area (Å²) in [6.07, 6.45) is 0.578. The normalized spacial score (nSPS) is 15.5. The summed E-state index contributed by atoms with van der Waals surface area (Å²) in [6, 6.07) is 12.2. The number of anilines is 1. The number of benzene rings is 2. The molecule has 1 aliphatic rings. The Bertz CT molecular complexity index is 1040. The van der Waals surface area contributed by atoms with Crippen LogP contribution >= 0.6 is 0 Å². The van der Waals surface area contributed by atoms with Crippen molar-refractivity contribution in [3.63, 3.8) is 0 Å². The van der Waals surface area contributed by atoms with Crippen LogP contribution < -0.4 is 15.5 Å². The third-order valence-corrected chi connectivity index (χ3v) is 5.77. The lowest BCUT2D eigenvalue weighted by atomic mass is 9.99. The lowest BCUT2D eigenvalue weighted by molar-refractivity contribution is -0.143. The number of hydrogen-bond donors (Lipinski definition) is 3. The van der Waals surface area contributed by atoms with Gasteiger partial charge in [-0.05, 0) is 36.6 Å². The van der Waals surface area contributed by atoms with Crippen LogP contribution in [0.15, 0.2) is 48.5 Å². The molecule has 3 rings (SSSR count). The quantitative estimate of drug-likeness (QED) is 0.587. The number of rotatable bonds is 8. The Labute approximate surface area is 186 Å². The van der Waals surface area contributed by atoms with Gasteiger partial charge in [-0.15, -0.1) is 0 Å². The molecule has 1 aliphatic heterocycles. The number of para-hydroxylation sites is 1. The van der Waals surface area contributed by atoms with Gasteiger partial charge in [0.1, 0.15) is 12.1 Å². The zero-order chi connectivity index (χ0) is 23.4. The maximum Gasteiger partial charge on any atom is 0.326 e. The number of carboxylic acid groups (broad SMARTS) is 1. The molecule has 0 saturated carbocycles. The van der Waals surface area contributed by atoms with Gasteiger partial charge >= 0.3 is 5.97 Å². The highest BCUT2D eigenvalue weighted by atomic mass is 16.4. The van der Waals surface area contributed by atoms with E-state index < -0.39 is 29.9 Å². The topological polar surface area (TPSA) is 116 Å². The van der Waals surface area contributed by atoms with Crippen molar-refractivity contribution in [1.82, 2.24) is 10.6 Å². The highest BCUT2D eigenvalue weighted by molar-refractivity contribution is 6.16. The zero-order valence-corrected chi connectivity index (χ0v) is 18.3. The first-order valence-electron chi connectivity index (χ1n) is 10.6. The van der Waals surface area contributed by atoms with Crippen LogP contribution in [0.3, 0.4) is 0 Å². The lowest BCUT2D eigenvalue weighted by Gasteiger charge is -2.22. The van der Waals surface area contributed by atoms with Crippen LogP contribution in [0.4, 0.5) is 5.69 Å².